The molecule has 0 spiro atoms. The maximum absolute atomic E-state index is 12.2. The first-order chi connectivity index (χ1) is 9.58. The minimum Gasteiger partial charge on any atom is -0.313 e. The van der Waals surface area contributed by atoms with Gasteiger partial charge < -0.3 is 5.32 Å². The molecule has 0 aliphatic rings. The molecule has 1 N–H and O–H groups in total. The SMILES string of the molecule is C/C(=C\C(C)C)c1ccsc1NC(=O)c1ccccc1. The number of benzene rings is 1. The van der Waals surface area contributed by atoms with Crippen molar-refractivity contribution in [3.05, 3.63) is 59.0 Å². The number of amides is 1. The second kappa shape index (κ2) is 6.53. The van der Waals surface area contributed by atoms with E-state index in [4.69, 9.17) is 0 Å². The quantitative estimate of drug-likeness (QED) is 0.835. The van der Waals surface area contributed by atoms with Crippen LogP contribution in [0.25, 0.3) is 5.57 Å². The third kappa shape index (κ3) is 3.58. The van der Waals surface area contributed by atoms with E-state index in [1.165, 1.54) is 5.57 Å². The molecular formula is C17H19NOS. The Kier molecular flexibility index (Phi) is 4.74. The van der Waals surface area contributed by atoms with Crippen LogP contribution in [-0.4, -0.2) is 5.91 Å². The van der Waals surface area contributed by atoms with Crippen molar-refractivity contribution in [3.8, 4) is 0 Å². The fourth-order valence-electron chi connectivity index (χ4n) is 2.07. The highest BCUT2D eigenvalue weighted by Crippen LogP contribution is 2.30. The summed E-state index contributed by atoms with van der Waals surface area (Å²) in [6.07, 6.45) is 2.21. The molecule has 1 heterocycles. The molecule has 0 atom stereocenters. The van der Waals surface area contributed by atoms with Gasteiger partial charge in [-0.05, 0) is 42.0 Å². The topological polar surface area (TPSA) is 29.1 Å². The van der Waals surface area contributed by atoms with Gasteiger partial charge in [-0.3, -0.25) is 4.79 Å². The van der Waals surface area contributed by atoms with Gasteiger partial charge >= 0.3 is 0 Å². The van der Waals surface area contributed by atoms with E-state index in [0.717, 1.165) is 10.6 Å². The van der Waals surface area contributed by atoms with Crippen molar-refractivity contribution in [3.63, 3.8) is 0 Å². The third-order valence-electron chi connectivity index (χ3n) is 2.94. The molecule has 3 heteroatoms. The standard InChI is InChI=1S/C17H19NOS/c1-12(2)11-13(3)15-9-10-20-17(15)18-16(19)14-7-5-4-6-8-14/h4-12H,1-3H3,(H,18,19)/b13-11+. The fraction of sp³-hybridized carbons (Fsp3) is 0.235. The zero-order chi connectivity index (χ0) is 14.5. The van der Waals surface area contributed by atoms with Gasteiger partial charge in [-0.25, -0.2) is 0 Å². The molecule has 1 amide bonds. The molecule has 0 aliphatic heterocycles. The molecule has 0 saturated heterocycles. The summed E-state index contributed by atoms with van der Waals surface area (Å²) in [5.74, 6) is 0.430. The van der Waals surface area contributed by atoms with E-state index in [9.17, 15) is 4.79 Å². The van der Waals surface area contributed by atoms with Crippen LogP contribution in [0.15, 0.2) is 47.9 Å². The van der Waals surface area contributed by atoms with Gasteiger partial charge in [-0.15, -0.1) is 11.3 Å². The van der Waals surface area contributed by atoms with Crippen LogP contribution in [0.1, 0.15) is 36.7 Å². The van der Waals surface area contributed by atoms with Crippen molar-refractivity contribution in [2.45, 2.75) is 20.8 Å². The van der Waals surface area contributed by atoms with Crippen LogP contribution in [0, 0.1) is 5.92 Å². The van der Waals surface area contributed by atoms with Crippen molar-refractivity contribution in [1.29, 1.82) is 0 Å². The van der Waals surface area contributed by atoms with Crippen LogP contribution in [0.4, 0.5) is 5.00 Å². The Bertz CT molecular complexity index is 611. The molecule has 20 heavy (non-hydrogen) atoms. The lowest BCUT2D eigenvalue weighted by Gasteiger charge is -2.08. The molecule has 0 radical (unpaired) electrons. The number of anilines is 1. The van der Waals surface area contributed by atoms with E-state index in [-0.39, 0.29) is 5.91 Å². The van der Waals surface area contributed by atoms with Crippen molar-refractivity contribution in [2.24, 2.45) is 5.92 Å². The lowest BCUT2D eigenvalue weighted by molar-refractivity contribution is 0.102. The summed E-state index contributed by atoms with van der Waals surface area (Å²) >= 11 is 1.56. The number of carbonyl (C=O) groups excluding carboxylic acids is 1. The highest BCUT2D eigenvalue weighted by atomic mass is 32.1. The molecule has 0 unspecified atom stereocenters. The monoisotopic (exact) mass is 285 g/mol. The van der Waals surface area contributed by atoms with E-state index in [0.29, 0.717) is 11.5 Å². The number of nitrogens with one attached hydrogen (secondary N) is 1. The molecule has 1 aromatic carbocycles. The van der Waals surface area contributed by atoms with E-state index in [2.05, 4.69) is 38.2 Å². The number of carbonyl (C=O) groups is 1. The minimum atomic E-state index is -0.0633. The van der Waals surface area contributed by atoms with Crippen molar-refractivity contribution < 1.29 is 4.79 Å². The molecule has 104 valence electrons. The van der Waals surface area contributed by atoms with Gasteiger partial charge in [0, 0.05) is 11.1 Å². The summed E-state index contributed by atoms with van der Waals surface area (Å²) in [6, 6.07) is 11.3. The summed E-state index contributed by atoms with van der Waals surface area (Å²) in [4.78, 5) is 12.2. The third-order valence-corrected chi connectivity index (χ3v) is 3.77. The van der Waals surface area contributed by atoms with Crippen LogP contribution in [0.3, 0.4) is 0 Å². The maximum atomic E-state index is 12.2. The average Bonchev–Trinajstić information content (AvgIpc) is 2.87. The lowest BCUT2D eigenvalue weighted by atomic mass is 10.1. The average molecular weight is 285 g/mol. The predicted molar refractivity (Wildman–Crippen MR) is 87.2 cm³/mol. The van der Waals surface area contributed by atoms with Gasteiger partial charge in [-0.2, -0.15) is 0 Å². The number of hydrogen-bond acceptors (Lipinski definition) is 2. The van der Waals surface area contributed by atoms with E-state index < -0.39 is 0 Å². The Balaban J connectivity index is 2.20. The van der Waals surface area contributed by atoms with E-state index >= 15 is 0 Å². The van der Waals surface area contributed by atoms with Crippen LogP contribution in [0.2, 0.25) is 0 Å². The fourth-order valence-corrected chi connectivity index (χ4v) is 2.92. The van der Waals surface area contributed by atoms with Gasteiger partial charge in [0.1, 0.15) is 5.00 Å². The van der Waals surface area contributed by atoms with Gasteiger partial charge in [-0.1, -0.05) is 38.1 Å². The van der Waals surface area contributed by atoms with Crippen molar-refractivity contribution in [1.82, 2.24) is 0 Å². The molecule has 0 bridgehead atoms. The summed E-state index contributed by atoms with van der Waals surface area (Å²) in [7, 11) is 0. The van der Waals surface area contributed by atoms with Gasteiger partial charge in [0.25, 0.3) is 5.91 Å². The van der Waals surface area contributed by atoms with E-state index in [1.54, 1.807) is 11.3 Å². The number of thiophene rings is 1. The number of hydrogen-bond donors (Lipinski definition) is 1. The first kappa shape index (κ1) is 14.5. The Morgan fingerprint density at radius 2 is 1.90 bits per heavy atom. The molecule has 0 saturated carbocycles. The summed E-state index contributed by atoms with van der Waals surface area (Å²) in [6.45, 7) is 6.39. The predicted octanol–water partition coefficient (Wildman–Crippen LogP) is 5.06. The minimum absolute atomic E-state index is 0.0633. The largest absolute Gasteiger partial charge is 0.313 e. The Morgan fingerprint density at radius 3 is 2.55 bits per heavy atom. The van der Waals surface area contributed by atoms with Gasteiger partial charge in [0.15, 0.2) is 0 Å². The smallest absolute Gasteiger partial charge is 0.256 e. The van der Waals surface area contributed by atoms with Crippen LogP contribution >= 0.6 is 11.3 Å². The molecule has 0 aliphatic carbocycles. The van der Waals surface area contributed by atoms with Crippen molar-refractivity contribution in [2.75, 3.05) is 5.32 Å². The first-order valence-electron chi connectivity index (χ1n) is 6.70. The Labute approximate surface area is 124 Å². The second-order valence-corrected chi connectivity index (χ2v) is 5.99. The summed E-state index contributed by atoms with van der Waals surface area (Å²) in [5, 5.41) is 5.92. The van der Waals surface area contributed by atoms with Gasteiger partial charge in [0.2, 0.25) is 0 Å². The Hall–Kier alpha value is -1.87. The summed E-state index contributed by atoms with van der Waals surface area (Å²) in [5.41, 5.74) is 2.98. The summed E-state index contributed by atoms with van der Waals surface area (Å²) < 4.78 is 0. The maximum Gasteiger partial charge on any atom is 0.256 e. The molecule has 2 nitrogen and oxygen atoms in total. The molecule has 2 aromatic rings. The molecular weight excluding hydrogens is 266 g/mol. The first-order valence-corrected chi connectivity index (χ1v) is 7.58. The molecule has 0 fully saturated rings. The van der Waals surface area contributed by atoms with Crippen molar-refractivity contribution >= 4 is 27.8 Å². The molecule has 2 rings (SSSR count). The molecule has 1 aromatic heterocycles. The highest BCUT2D eigenvalue weighted by molar-refractivity contribution is 7.14. The van der Waals surface area contributed by atoms with Crippen LogP contribution in [0.5, 0.6) is 0 Å². The van der Waals surface area contributed by atoms with Gasteiger partial charge in [0.05, 0.1) is 0 Å². The Morgan fingerprint density at radius 1 is 1.20 bits per heavy atom. The normalized spacial score (nSPS) is 11.7. The van der Waals surface area contributed by atoms with E-state index in [1.807, 2.05) is 35.7 Å². The van der Waals surface area contributed by atoms with Crippen LogP contribution < -0.4 is 5.32 Å². The second-order valence-electron chi connectivity index (χ2n) is 5.08. The highest BCUT2D eigenvalue weighted by Gasteiger charge is 2.11. The van der Waals surface area contributed by atoms with Crippen LogP contribution in [-0.2, 0) is 0 Å². The zero-order valence-electron chi connectivity index (χ0n) is 12.0. The zero-order valence-corrected chi connectivity index (χ0v) is 12.8. The number of rotatable bonds is 4. The number of allylic oxidation sites excluding steroid dienone is 2. The lowest BCUT2D eigenvalue weighted by Crippen LogP contribution is -2.11.